The van der Waals surface area contributed by atoms with Crippen molar-refractivity contribution in [2.75, 3.05) is 25.3 Å². The van der Waals surface area contributed by atoms with Crippen molar-refractivity contribution in [2.45, 2.75) is 5.16 Å². The maximum absolute atomic E-state index is 12.2. The zero-order valence-corrected chi connectivity index (χ0v) is 14.3. The van der Waals surface area contributed by atoms with E-state index in [0.29, 0.717) is 28.1 Å². The number of rotatable bonds is 6. The summed E-state index contributed by atoms with van der Waals surface area (Å²) in [6.45, 7) is 0. The minimum Gasteiger partial charge on any atom is -0.497 e. The van der Waals surface area contributed by atoms with Crippen molar-refractivity contribution < 1.29 is 14.3 Å². The summed E-state index contributed by atoms with van der Waals surface area (Å²) in [5.74, 6) is 1.35. The van der Waals surface area contributed by atoms with Gasteiger partial charge >= 0.3 is 0 Å². The lowest BCUT2D eigenvalue weighted by atomic mass is 10.2. The lowest BCUT2D eigenvalue weighted by molar-refractivity contribution is -0.113. The molecule has 0 saturated carbocycles. The van der Waals surface area contributed by atoms with Gasteiger partial charge in [-0.05, 0) is 12.1 Å². The summed E-state index contributed by atoms with van der Waals surface area (Å²) in [5, 5.41) is 11.1. The van der Waals surface area contributed by atoms with E-state index in [9.17, 15) is 9.59 Å². The maximum atomic E-state index is 12.2. The number of aromatic nitrogens is 4. The second kappa shape index (κ2) is 7.26. The minimum atomic E-state index is -0.263. The minimum absolute atomic E-state index is 0.120. The second-order valence-corrected chi connectivity index (χ2v) is 5.83. The summed E-state index contributed by atoms with van der Waals surface area (Å²) >= 11 is 1.20. The molecule has 2 N–H and O–H groups in total. The van der Waals surface area contributed by atoms with Crippen LogP contribution in [0.5, 0.6) is 11.5 Å². The Labute approximate surface area is 146 Å². The van der Waals surface area contributed by atoms with Gasteiger partial charge in [0, 0.05) is 18.3 Å². The van der Waals surface area contributed by atoms with Crippen LogP contribution in [0.1, 0.15) is 0 Å². The molecule has 130 valence electrons. The van der Waals surface area contributed by atoms with E-state index in [0.717, 1.165) is 0 Å². The standard InChI is InChI=1S/C15H15N5O4S/c1-23-9-3-4-10(11(7-9)24-2)16-13(22)8-25-15-19-18-14-17-12(21)5-6-20(14)15/h3-7H,8H2,1-2H3,(H,16,22)(H,17,18,21). The van der Waals surface area contributed by atoms with Gasteiger partial charge in [0.15, 0.2) is 5.16 Å². The highest BCUT2D eigenvalue weighted by molar-refractivity contribution is 7.99. The molecule has 0 bridgehead atoms. The van der Waals surface area contributed by atoms with Crippen LogP contribution in [0.2, 0.25) is 0 Å². The number of hydrogen-bond donors (Lipinski definition) is 2. The first-order valence-electron chi connectivity index (χ1n) is 7.19. The smallest absolute Gasteiger partial charge is 0.252 e. The van der Waals surface area contributed by atoms with E-state index >= 15 is 0 Å². The molecular formula is C15H15N5O4S. The molecule has 0 aliphatic carbocycles. The highest BCUT2D eigenvalue weighted by atomic mass is 32.2. The number of fused-ring (bicyclic) bond motifs is 1. The Balaban J connectivity index is 1.67. The molecule has 1 amide bonds. The van der Waals surface area contributed by atoms with Crippen LogP contribution in [0.25, 0.3) is 5.78 Å². The molecule has 0 aliphatic rings. The summed E-state index contributed by atoms with van der Waals surface area (Å²) < 4.78 is 12.0. The van der Waals surface area contributed by atoms with Crippen LogP contribution in [0.15, 0.2) is 40.4 Å². The molecule has 9 nitrogen and oxygen atoms in total. The molecule has 0 atom stereocenters. The van der Waals surface area contributed by atoms with Crippen LogP contribution in [0.4, 0.5) is 5.69 Å². The fraction of sp³-hybridized carbons (Fsp3) is 0.200. The molecule has 10 heteroatoms. The number of hydrogen-bond acceptors (Lipinski definition) is 7. The van der Waals surface area contributed by atoms with Crippen molar-refractivity contribution in [1.82, 2.24) is 19.6 Å². The van der Waals surface area contributed by atoms with Gasteiger partial charge in [0.25, 0.3) is 5.56 Å². The molecule has 0 spiro atoms. The van der Waals surface area contributed by atoms with Crippen LogP contribution in [-0.2, 0) is 4.79 Å². The molecule has 2 aromatic heterocycles. The SMILES string of the molecule is COc1ccc(NC(=O)CSc2nnc3[nH]c(=O)ccn23)c(OC)c1. The van der Waals surface area contributed by atoms with Gasteiger partial charge in [0.1, 0.15) is 11.5 Å². The number of carbonyl (C=O) groups is 1. The van der Waals surface area contributed by atoms with Crippen molar-refractivity contribution in [1.29, 1.82) is 0 Å². The summed E-state index contributed by atoms with van der Waals surface area (Å²) in [4.78, 5) is 26.0. The third kappa shape index (κ3) is 3.74. The number of amides is 1. The van der Waals surface area contributed by atoms with Gasteiger partial charge in [-0.2, -0.15) is 0 Å². The first kappa shape index (κ1) is 16.8. The lowest BCUT2D eigenvalue weighted by Crippen LogP contribution is -2.15. The number of benzene rings is 1. The average molecular weight is 361 g/mol. The van der Waals surface area contributed by atoms with Crippen molar-refractivity contribution in [2.24, 2.45) is 0 Å². The summed E-state index contributed by atoms with van der Waals surface area (Å²) in [6.07, 6.45) is 1.56. The van der Waals surface area contributed by atoms with Crippen LogP contribution in [0, 0.1) is 0 Å². The Hall–Kier alpha value is -3.01. The third-order valence-corrected chi connectivity index (χ3v) is 4.23. The van der Waals surface area contributed by atoms with Gasteiger partial charge in [-0.3, -0.25) is 19.0 Å². The molecule has 3 aromatic rings. The first-order chi connectivity index (χ1) is 12.1. The molecule has 0 radical (unpaired) electrons. The molecule has 0 fully saturated rings. The number of thioether (sulfide) groups is 1. The van der Waals surface area contributed by atoms with Crippen LogP contribution >= 0.6 is 11.8 Å². The molecule has 3 rings (SSSR count). The first-order valence-corrected chi connectivity index (χ1v) is 8.18. The number of methoxy groups -OCH3 is 2. The number of H-pyrrole nitrogens is 1. The van der Waals surface area contributed by atoms with E-state index in [-0.39, 0.29) is 17.2 Å². The van der Waals surface area contributed by atoms with Gasteiger partial charge in [0.2, 0.25) is 11.7 Å². The highest BCUT2D eigenvalue weighted by Crippen LogP contribution is 2.29. The Kier molecular flexibility index (Phi) is 4.89. The lowest BCUT2D eigenvalue weighted by Gasteiger charge is -2.11. The monoisotopic (exact) mass is 361 g/mol. The fourth-order valence-electron chi connectivity index (χ4n) is 2.11. The van der Waals surface area contributed by atoms with E-state index in [2.05, 4.69) is 20.5 Å². The quantitative estimate of drug-likeness (QED) is 0.634. The number of carbonyl (C=O) groups excluding carboxylic acids is 1. The van der Waals surface area contributed by atoms with Crippen molar-refractivity contribution in [3.63, 3.8) is 0 Å². The summed E-state index contributed by atoms with van der Waals surface area (Å²) in [7, 11) is 3.07. The normalized spacial score (nSPS) is 10.6. The Bertz CT molecular complexity index is 968. The molecular weight excluding hydrogens is 346 g/mol. The molecule has 0 saturated heterocycles. The predicted octanol–water partition coefficient (Wildman–Crippen LogP) is 1.17. The topological polar surface area (TPSA) is 111 Å². The molecule has 1 aromatic carbocycles. The van der Waals surface area contributed by atoms with Crippen LogP contribution in [-0.4, -0.2) is 45.5 Å². The number of anilines is 1. The maximum Gasteiger partial charge on any atom is 0.252 e. The summed E-state index contributed by atoms with van der Waals surface area (Å²) in [5.41, 5.74) is 0.283. The highest BCUT2D eigenvalue weighted by Gasteiger charge is 2.12. The van der Waals surface area contributed by atoms with E-state index in [1.54, 1.807) is 35.9 Å². The van der Waals surface area contributed by atoms with Gasteiger partial charge in [-0.15, -0.1) is 10.2 Å². The molecule has 25 heavy (non-hydrogen) atoms. The zero-order chi connectivity index (χ0) is 17.8. The van der Waals surface area contributed by atoms with Crippen molar-refractivity contribution >= 4 is 29.1 Å². The Morgan fingerprint density at radius 3 is 2.88 bits per heavy atom. The van der Waals surface area contributed by atoms with Gasteiger partial charge in [0.05, 0.1) is 25.7 Å². The van der Waals surface area contributed by atoms with E-state index in [1.807, 2.05) is 0 Å². The largest absolute Gasteiger partial charge is 0.497 e. The van der Waals surface area contributed by atoms with Crippen LogP contribution < -0.4 is 20.3 Å². The van der Waals surface area contributed by atoms with Crippen molar-refractivity contribution in [3.05, 3.63) is 40.8 Å². The van der Waals surface area contributed by atoms with Crippen LogP contribution in [0.3, 0.4) is 0 Å². The Morgan fingerprint density at radius 2 is 2.12 bits per heavy atom. The second-order valence-electron chi connectivity index (χ2n) is 4.88. The van der Waals surface area contributed by atoms with E-state index < -0.39 is 0 Å². The number of aromatic amines is 1. The van der Waals surface area contributed by atoms with Gasteiger partial charge in [-0.25, -0.2) is 0 Å². The van der Waals surface area contributed by atoms with E-state index in [1.165, 1.54) is 24.9 Å². The van der Waals surface area contributed by atoms with E-state index in [4.69, 9.17) is 9.47 Å². The fourth-order valence-corrected chi connectivity index (χ4v) is 2.82. The molecule has 0 aliphatic heterocycles. The van der Waals surface area contributed by atoms with Crippen molar-refractivity contribution in [3.8, 4) is 11.5 Å². The predicted molar refractivity (Wildman–Crippen MR) is 92.5 cm³/mol. The molecule has 0 unspecified atom stereocenters. The average Bonchev–Trinajstić information content (AvgIpc) is 3.02. The number of nitrogens with one attached hydrogen (secondary N) is 2. The molecule has 2 heterocycles. The Morgan fingerprint density at radius 1 is 1.28 bits per heavy atom. The third-order valence-electron chi connectivity index (χ3n) is 3.29. The summed E-state index contributed by atoms with van der Waals surface area (Å²) in [6, 6.07) is 6.49. The number of ether oxygens (including phenoxy) is 2. The zero-order valence-electron chi connectivity index (χ0n) is 13.5. The number of nitrogens with zero attached hydrogens (tertiary/aromatic N) is 3. The van der Waals surface area contributed by atoms with Gasteiger partial charge in [-0.1, -0.05) is 11.8 Å². The van der Waals surface area contributed by atoms with Gasteiger partial charge < -0.3 is 14.8 Å².